The number of benzene rings is 1. The molecule has 0 spiro atoms. The number of amidine groups is 1. The average Bonchev–Trinajstić information content (AvgIpc) is 2.45. The zero-order valence-electron chi connectivity index (χ0n) is 12.4. The third-order valence-corrected chi connectivity index (χ3v) is 2.97. The Labute approximate surface area is 124 Å². The van der Waals surface area contributed by atoms with Crippen LogP contribution in [-0.2, 0) is 11.2 Å². The van der Waals surface area contributed by atoms with Crippen LogP contribution in [0.15, 0.2) is 29.4 Å². The first-order chi connectivity index (χ1) is 9.92. The lowest BCUT2D eigenvalue weighted by Gasteiger charge is -2.24. The van der Waals surface area contributed by atoms with Crippen LogP contribution in [0.1, 0.15) is 25.8 Å². The normalized spacial score (nSPS) is 11.7. The van der Waals surface area contributed by atoms with Crippen molar-refractivity contribution in [2.45, 2.75) is 26.7 Å². The van der Waals surface area contributed by atoms with E-state index in [2.05, 4.69) is 5.16 Å². The van der Waals surface area contributed by atoms with E-state index >= 15 is 0 Å². The van der Waals surface area contributed by atoms with Gasteiger partial charge in [0.25, 0.3) is 0 Å². The SMILES string of the molecule is CC(C)CN(CCC(N)=NO)C(=O)Cc1ccc(F)cc1. The van der Waals surface area contributed by atoms with Gasteiger partial charge in [-0.1, -0.05) is 31.1 Å². The third-order valence-electron chi connectivity index (χ3n) is 2.97. The van der Waals surface area contributed by atoms with Crippen molar-refractivity contribution in [1.29, 1.82) is 0 Å². The van der Waals surface area contributed by atoms with E-state index in [9.17, 15) is 9.18 Å². The van der Waals surface area contributed by atoms with Crippen LogP contribution in [0.4, 0.5) is 4.39 Å². The molecule has 0 saturated carbocycles. The number of amides is 1. The van der Waals surface area contributed by atoms with Gasteiger partial charge in [0.05, 0.1) is 6.42 Å². The molecular weight excluding hydrogens is 273 g/mol. The highest BCUT2D eigenvalue weighted by molar-refractivity contribution is 5.82. The van der Waals surface area contributed by atoms with Gasteiger partial charge in [0.15, 0.2) is 0 Å². The van der Waals surface area contributed by atoms with Crippen LogP contribution in [-0.4, -0.2) is 34.9 Å². The predicted molar refractivity (Wildman–Crippen MR) is 79.5 cm³/mol. The summed E-state index contributed by atoms with van der Waals surface area (Å²) in [5.41, 5.74) is 6.20. The molecule has 0 radical (unpaired) electrons. The van der Waals surface area contributed by atoms with Gasteiger partial charge in [-0.25, -0.2) is 4.39 Å². The Balaban J connectivity index is 2.67. The molecule has 116 valence electrons. The lowest BCUT2D eigenvalue weighted by molar-refractivity contribution is -0.130. The molecule has 5 nitrogen and oxygen atoms in total. The Bertz CT molecular complexity index is 486. The van der Waals surface area contributed by atoms with Crippen LogP contribution in [0.5, 0.6) is 0 Å². The second-order valence-corrected chi connectivity index (χ2v) is 5.38. The summed E-state index contributed by atoms with van der Waals surface area (Å²) in [6.07, 6.45) is 0.529. The van der Waals surface area contributed by atoms with Crippen LogP contribution in [0.2, 0.25) is 0 Å². The first kappa shape index (κ1) is 16.9. The fourth-order valence-electron chi connectivity index (χ4n) is 1.95. The highest BCUT2D eigenvalue weighted by Gasteiger charge is 2.16. The van der Waals surface area contributed by atoms with E-state index in [1.807, 2.05) is 13.8 Å². The van der Waals surface area contributed by atoms with Gasteiger partial charge in [-0.15, -0.1) is 0 Å². The van der Waals surface area contributed by atoms with Crippen LogP contribution in [0, 0.1) is 11.7 Å². The molecule has 0 aliphatic heterocycles. The molecule has 0 aromatic heterocycles. The number of nitrogens with two attached hydrogens (primary N) is 1. The van der Waals surface area contributed by atoms with E-state index in [0.717, 1.165) is 5.56 Å². The molecular formula is C15H22FN3O2. The summed E-state index contributed by atoms with van der Waals surface area (Å²) in [7, 11) is 0. The van der Waals surface area contributed by atoms with Crippen molar-refractivity contribution >= 4 is 11.7 Å². The standard InChI is InChI=1S/C15H22FN3O2/c1-11(2)10-19(8-7-14(17)18-21)15(20)9-12-3-5-13(16)6-4-12/h3-6,11,21H,7-10H2,1-2H3,(H2,17,18). The van der Waals surface area contributed by atoms with Gasteiger partial charge < -0.3 is 15.8 Å². The smallest absolute Gasteiger partial charge is 0.227 e. The number of oxime groups is 1. The largest absolute Gasteiger partial charge is 0.409 e. The van der Waals surface area contributed by atoms with E-state index in [0.29, 0.717) is 25.4 Å². The molecule has 0 saturated heterocycles. The van der Waals surface area contributed by atoms with E-state index in [-0.39, 0.29) is 24.0 Å². The molecule has 0 bridgehead atoms. The maximum absolute atomic E-state index is 12.9. The number of carbonyl (C=O) groups excluding carboxylic acids is 1. The zero-order valence-corrected chi connectivity index (χ0v) is 12.4. The van der Waals surface area contributed by atoms with Gasteiger partial charge in [0, 0.05) is 19.5 Å². The Morgan fingerprint density at radius 1 is 1.38 bits per heavy atom. The highest BCUT2D eigenvalue weighted by atomic mass is 19.1. The lowest BCUT2D eigenvalue weighted by Crippen LogP contribution is -2.37. The van der Waals surface area contributed by atoms with Gasteiger partial charge in [-0.05, 0) is 23.6 Å². The summed E-state index contributed by atoms with van der Waals surface area (Å²) < 4.78 is 12.9. The molecule has 0 unspecified atom stereocenters. The number of hydrogen-bond donors (Lipinski definition) is 2. The lowest BCUT2D eigenvalue weighted by atomic mass is 10.1. The maximum atomic E-state index is 12.9. The fourth-order valence-corrected chi connectivity index (χ4v) is 1.95. The monoisotopic (exact) mass is 295 g/mol. The molecule has 1 amide bonds. The quantitative estimate of drug-likeness (QED) is 0.349. The molecule has 3 N–H and O–H groups in total. The summed E-state index contributed by atoms with van der Waals surface area (Å²) in [6, 6.07) is 5.88. The molecule has 0 atom stereocenters. The van der Waals surface area contributed by atoms with Crippen molar-refractivity contribution in [2.75, 3.05) is 13.1 Å². The number of nitrogens with zero attached hydrogens (tertiary/aromatic N) is 2. The molecule has 0 heterocycles. The topological polar surface area (TPSA) is 78.9 Å². The Morgan fingerprint density at radius 3 is 2.52 bits per heavy atom. The maximum Gasteiger partial charge on any atom is 0.227 e. The molecule has 6 heteroatoms. The van der Waals surface area contributed by atoms with E-state index < -0.39 is 0 Å². The third kappa shape index (κ3) is 6.25. The molecule has 0 aliphatic rings. The fraction of sp³-hybridized carbons (Fsp3) is 0.467. The number of hydrogen-bond acceptors (Lipinski definition) is 3. The number of halogens is 1. The van der Waals surface area contributed by atoms with Gasteiger partial charge in [0.2, 0.25) is 5.91 Å². The van der Waals surface area contributed by atoms with E-state index in [1.165, 1.54) is 12.1 Å². The van der Waals surface area contributed by atoms with Crippen LogP contribution in [0.3, 0.4) is 0 Å². The molecule has 1 aromatic carbocycles. The molecule has 21 heavy (non-hydrogen) atoms. The predicted octanol–water partition coefficient (Wildman–Crippen LogP) is 1.99. The van der Waals surface area contributed by atoms with E-state index in [1.54, 1.807) is 17.0 Å². The minimum Gasteiger partial charge on any atom is -0.409 e. The summed E-state index contributed by atoms with van der Waals surface area (Å²) >= 11 is 0. The minimum absolute atomic E-state index is 0.0546. The highest BCUT2D eigenvalue weighted by Crippen LogP contribution is 2.08. The van der Waals surface area contributed by atoms with Crippen molar-refractivity contribution in [3.05, 3.63) is 35.6 Å². The van der Waals surface area contributed by atoms with Crippen LogP contribution >= 0.6 is 0 Å². The first-order valence-electron chi connectivity index (χ1n) is 6.91. The minimum atomic E-state index is -0.322. The average molecular weight is 295 g/mol. The summed E-state index contributed by atoms with van der Waals surface area (Å²) in [5.74, 6) is 0.0333. The Kier molecular flexibility index (Phi) is 6.65. The second kappa shape index (κ2) is 8.24. The summed E-state index contributed by atoms with van der Waals surface area (Å²) in [6.45, 7) is 5.02. The van der Waals surface area contributed by atoms with Crippen molar-refractivity contribution in [1.82, 2.24) is 4.90 Å². The van der Waals surface area contributed by atoms with Gasteiger partial charge in [-0.2, -0.15) is 0 Å². The van der Waals surface area contributed by atoms with Gasteiger partial charge >= 0.3 is 0 Å². The second-order valence-electron chi connectivity index (χ2n) is 5.38. The Morgan fingerprint density at radius 2 is 2.00 bits per heavy atom. The van der Waals surface area contributed by atoms with Gasteiger partial charge in [0.1, 0.15) is 11.7 Å². The Hall–Kier alpha value is -2.11. The summed E-state index contributed by atoms with van der Waals surface area (Å²) in [4.78, 5) is 14.0. The van der Waals surface area contributed by atoms with Crippen molar-refractivity contribution in [2.24, 2.45) is 16.8 Å². The van der Waals surface area contributed by atoms with Crippen LogP contribution in [0.25, 0.3) is 0 Å². The molecule has 1 aromatic rings. The zero-order chi connectivity index (χ0) is 15.8. The van der Waals surface area contributed by atoms with Crippen molar-refractivity contribution < 1.29 is 14.4 Å². The molecule has 1 rings (SSSR count). The van der Waals surface area contributed by atoms with E-state index in [4.69, 9.17) is 10.9 Å². The molecule has 0 aliphatic carbocycles. The van der Waals surface area contributed by atoms with Gasteiger partial charge in [-0.3, -0.25) is 4.79 Å². The van der Waals surface area contributed by atoms with Crippen molar-refractivity contribution in [3.8, 4) is 0 Å². The number of rotatable bonds is 7. The number of carbonyl (C=O) groups is 1. The first-order valence-corrected chi connectivity index (χ1v) is 6.91. The van der Waals surface area contributed by atoms with Crippen LogP contribution < -0.4 is 5.73 Å². The van der Waals surface area contributed by atoms with Crippen molar-refractivity contribution in [3.63, 3.8) is 0 Å². The molecule has 0 fully saturated rings. The summed E-state index contributed by atoms with van der Waals surface area (Å²) in [5, 5.41) is 11.5.